The van der Waals surface area contributed by atoms with Gasteiger partial charge in [0.25, 0.3) is 11.8 Å². The van der Waals surface area contributed by atoms with Gasteiger partial charge in [-0.25, -0.2) is 0 Å². The molecule has 0 fully saturated rings. The average molecular weight is 389 g/mol. The first kappa shape index (κ1) is 19.4. The van der Waals surface area contributed by atoms with Crippen LogP contribution in [0.1, 0.15) is 50.9 Å². The summed E-state index contributed by atoms with van der Waals surface area (Å²) < 4.78 is 5.62. The van der Waals surface area contributed by atoms with E-state index in [0.29, 0.717) is 22.7 Å². The number of benzene rings is 1. The molecular formula is C20H26N3O3S+. The van der Waals surface area contributed by atoms with Gasteiger partial charge in [-0.1, -0.05) is 13.3 Å². The molecule has 6 nitrogen and oxygen atoms in total. The second-order valence-corrected chi connectivity index (χ2v) is 7.99. The summed E-state index contributed by atoms with van der Waals surface area (Å²) in [7, 11) is 2.12. The van der Waals surface area contributed by atoms with E-state index in [1.54, 1.807) is 24.3 Å². The molecule has 2 amide bonds. The van der Waals surface area contributed by atoms with Crippen LogP contribution in [0.25, 0.3) is 0 Å². The van der Waals surface area contributed by atoms with E-state index in [1.165, 1.54) is 16.2 Å². The van der Waals surface area contributed by atoms with E-state index in [-0.39, 0.29) is 5.91 Å². The number of primary amides is 1. The molecule has 7 heteroatoms. The number of rotatable bonds is 7. The minimum atomic E-state index is -0.484. The molecule has 144 valence electrons. The van der Waals surface area contributed by atoms with Crippen LogP contribution in [0.3, 0.4) is 0 Å². The molecule has 3 rings (SSSR count). The summed E-state index contributed by atoms with van der Waals surface area (Å²) in [6.07, 6.45) is 2.87. The third kappa shape index (κ3) is 4.48. The van der Waals surface area contributed by atoms with Gasteiger partial charge in [0, 0.05) is 12.0 Å². The molecule has 4 N–H and O–H groups in total. The van der Waals surface area contributed by atoms with E-state index in [2.05, 4.69) is 19.3 Å². The number of ether oxygens (including phenoxy) is 1. The third-order valence-electron chi connectivity index (χ3n) is 4.71. The normalized spacial score (nSPS) is 15.9. The van der Waals surface area contributed by atoms with Gasteiger partial charge in [0.1, 0.15) is 17.3 Å². The molecule has 27 heavy (non-hydrogen) atoms. The number of hydrogen-bond acceptors (Lipinski definition) is 4. The first-order valence-electron chi connectivity index (χ1n) is 9.29. The number of thiophene rings is 1. The molecule has 0 aliphatic carbocycles. The van der Waals surface area contributed by atoms with Gasteiger partial charge in [-0.15, -0.1) is 11.3 Å². The predicted molar refractivity (Wildman–Crippen MR) is 107 cm³/mol. The molecule has 0 saturated carbocycles. The van der Waals surface area contributed by atoms with Crippen molar-refractivity contribution in [1.29, 1.82) is 0 Å². The highest BCUT2D eigenvalue weighted by molar-refractivity contribution is 7.17. The van der Waals surface area contributed by atoms with Gasteiger partial charge in [0.2, 0.25) is 0 Å². The SMILES string of the molecule is CCCCOc1ccc(C(=O)Nc2sc3c(c2C(N)=O)CC[NH+](C)C3)cc1. The number of hydrogen-bond donors (Lipinski definition) is 3. The summed E-state index contributed by atoms with van der Waals surface area (Å²) in [5, 5.41) is 3.43. The summed E-state index contributed by atoms with van der Waals surface area (Å²) in [6, 6.07) is 7.03. The molecule has 0 saturated heterocycles. The molecule has 2 aromatic rings. The van der Waals surface area contributed by atoms with Gasteiger partial charge in [0.05, 0.1) is 30.6 Å². The highest BCUT2D eigenvalue weighted by Gasteiger charge is 2.28. The topological polar surface area (TPSA) is 85.9 Å². The first-order chi connectivity index (χ1) is 13.0. The Labute approximate surface area is 163 Å². The summed E-state index contributed by atoms with van der Waals surface area (Å²) in [6.45, 7) is 4.58. The molecule has 1 atom stereocenters. The molecule has 1 aromatic heterocycles. The Morgan fingerprint density at radius 1 is 1.30 bits per heavy atom. The lowest BCUT2D eigenvalue weighted by atomic mass is 10.0. The maximum Gasteiger partial charge on any atom is 0.256 e. The van der Waals surface area contributed by atoms with Crippen LogP contribution in [-0.4, -0.2) is 32.0 Å². The van der Waals surface area contributed by atoms with Crippen LogP contribution >= 0.6 is 11.3 Å². The zero-order valence-corrected chi connectivity index (χ0v) is 16.6. The van der Waals surface area contributed by atoms with Crippen LogP contribution in [0, 0.1) is 0 Å². The molecule has 2 heterocycles. The number of unbranched alkanes of at least 4 members (excludes halogenated alkanes) is 1. The third-order valence-corrected chi connectivity index (χ3v) is 5.86. The first-order valence-corrected chi connectivity index (χ1v) is 10.1. The van der Waals surface area contributed by atoms with Crippen molar-refractivity contribution in [2.24, 2.45) is 5.73 Å². The summed E-state index contributed by atoms with van der Waals surface area (Å²) in [5.74, 6) is 0.00866. The van der Waals surface area contributed by atoms with Crippen molar-refractivity contribution >= 4 is 28.2 Å². The number of nitrogens with one attached hydrogen (secondary N) is 2. The Kier molecular flexibility index (Phi) is 6.13. The average Bonchev–Trinajstić information content (AvgIpc) is 2.99. The number of anilines is 1. The minimum absolute atomic E-state index is 0.253. The fraction of sp³-hybridized carbons (Fsp3) is 0.400. The lowest BCUT2D eigenvalue weighted by Crippen LogP contribution is -3.08. The van der Waals surface area contributed by atoms with E-state index in [9.17, 15) is 9.59 Å². The van der Waals surface area contributed by atoms with Crippen molar-refractivity contribution in [1.82, 2.24) is 0 Å². The second-order valence-electron chi connectivity index (χ2n) is 6.89. The fourth-order valence-corrected chi connectivity index (χ4v) is 4.54. The van der Waals surface area contributed by atoms with E-state index in [1.807, 2.05) is 0 Å². The maximum absolute atomic E-state index is 12.6. The van der Waals surface area contributed by atoms with Crippen LogP contribution in [0.2, 0.25) is 0 Å². The molecule has 0 bridgehead atoms. The van der Waals surface area contributed by atoms with Crippen LogP contribution < -0.4 is 20.7 Å². The zero-order valence-electron chi connectivity index (χ0n) is 15.8. The molecule has 0 radical (unpaired) electrons. The van der Waals surface area contributed by atoms with E-state index in [4.69, 9.17) is 10.5 Å². The largest absolute Gasteiger partial charge is 0.494 e. The highest BCUT2D eigenvalue weighted by atomic mass is 32.1. The summed E-state index contributed by atoms with van der Waals surface area (Å²) in [4.78, 5) is 27.1. The second kappa shape index (κ2) is 8.54. The molecule has 0 spiro atoms. The van der Waals surface area contributed by atoms with E-state index < -0.39 is 5.91 Å². The Hall–Kier alpha value is -2.38. The van der Waals surface area contributed by atoms with Crippen molar-refractivity contribution < 1.29 is 19.2 Å². The Morgan fingerprint density at radius 3 is 2.70 bits per heavy atom. The van der Waals surface area contributed by atoms with Gasteiger partial charge in [-0.2, -0.15) is 0 Å². The van der Waals surface area contributed by atoms with Crippen molar-refractivity contribution in [3.8, 4) is 5.75 Å². The summed E-state index contributed by atoms with van der Waals surface area (Å²) in [5.41, 5.74) is 7.58. The van der Waals surface area contributed by atoms with Crippen molar-refractivity contribution in [3.63, 3.8) is 0 Å². The highest BCUT2D eigenvalue weighted by Crippen LogP contribution is 2.34. The molecule has 1 unspecified atom stereocenters. The van der Waals surface area contributed by atoms with Crippen LogP contribution in [0.4, 0.5) is 5.00 Å². The predicted octanol–water partition coefficient (Wildman–Crippen LogP) is 1.85. The van der Waals surface area contributed by atoms with Crippen molar-refractivity contribution in [2.75, 3.05) is 25.5 Å². The number of likely N-dealkylation sites (N-methyl/N-ethyl adjacent to an activating group) is 1. The van der Waals surface area contributed by atoms with Gasteiger partial charge in [-0.3, -0.25) is 9.59 Å². The molecule has 1 aromatic carbocycles. The van der Waals surface area contributed by atoms with Crippen LogP contribution in [0.15, 0.2) is 24.3 Å². The maximum atomic E-state index is 12.6. The quantitative estimate of drug-likeness (QED) is 0.633. The van der Waals surface area contributed by atoms with Crippen molar-refractivity contribution in [3.05, 3.63) is 45.8 Å². The lowest BCUT2D eigenvalue weighted by Gasteiger charge is -2.19. The number of quaternary nitrogens is 1. The van der Waals surface area contributed by atoms with Gasteiger partial charge >= 0.3 is 0 Å². The van der Waals surface area contributed by atoms with Crippen molar-refractivity contribution in [2.45, 2.75) is 32.7 Å². The lowest BCUT2D eigenvalue weighted by molar-refractivity contribution is -0.895. The smallest absolute Gasteiger partial charge is 0.256 e. The van der Waals surface area contributed by atoms with Crippen LogP contribution in [-0.2, 0) is 13.0 Å². The van der Waals surface area contributed by atoms with E-state index >= 15 is 0 Å². The zero-order chi connectivity index (χ0) is 19.4. The standard InChI is InChI=1S/C20H25N3O3S/c1-3-4-11-26-14-7-5-13(6-8-14)19(25)22-20-17(18(21)24)15-9-10-23(2)12-16(15)27-20/h5-8H,3-4,9-12H2,1-2H3,(H2,21,24)(H,22,25)/p+1. The fourth-order valence-electron chi connectivity index (χ4n) is 3.18. The Bertz CT molecular complexity index is 830. The number of carbonyl (C=O) groups excluding carboxylic acids is 2. The number of amides is 2. The van der Waals surface area contributed by atoms with Gasteiger partial charge < -0.3 is 20.7 Å². The molecular weight excluding hydrogens is 362 g/mol. The van der Waals surface area contributed by atoms with E-state index in [0.717, 1.165) is 48.5 Å². The number of nitrogens with two attached hydrogens (primary N) is 1. The Balaban J connectivity index is 1.75. The number of fused-ring (bicyclic) bond motifs is 1. The number of carbonyl (C=O) groups is 2. The minimum Gasteiger partial charge on any atom is -0.494 e. The van der Waals surface area contributed by atoms with Gasteiger partial charge in [-0.05, 0) is 36.2 Å². The molecule has 1 aliphatic heterocycles. The van der Waals surface area contributed by atoms with Gasteiger partial charge in [0.15, 0.2) is 0 Å². The molecule has 1 aliphatic rings. The summed E-state index contributed by atoms with van der Waals surface area (Å²) >= 11 is 1.46. The van der Waals surface area contributed by atoms with Crippen LogP contribution in [0.5, 0.6) is 5.75 Å². The Morgan fingerprint density at radius 2 is 2.04 bits per heavy atom. The monoisotopic (exact) mass is 388 g/mol.